The number of hydrogen-bond donors (Lipinski definition) is 1. The number of thiophene rings is 1. The van der Waals surface area contributed by atoms with Crippen LogP contribution in [0.25, 0.3) is 21.9 Å². The number of anilines is 1. The number of hydrogen-bond acceptors (Lipinski definition) is 6. The van der Waals surface area contributed by atoms with Crippen molar-refractivity contribution in [2.75, 3.05) is 5.32 Å². The molecule has 27 heavy (non-hydrogen) atoms. The number of halogens is 2. The molecule has 0 saturated heterocycles. The highest BCUT2D eigenvalue weighted by atomic mass is 35.5. The van der Waals surface area contributed by atoms with E-state index in [0.29, 0.717) is 38.3 Å². The monoisotopic (exact) mass is 401 g/mol. The van der Waals surface area contributed by atoms with Crippen LogP contribution in [-0.4, -0.2) is 25.8 Å². The van der Waals surface area contributed by atoms with Crippen LogP contribution < -0.4 is 5.32 Å². The Bertz CT molecular complexity index is 1160. The summed E-state index contributed by atoms with van der Waals surface area (Å²) in [6.07, 6.45) is 2.43. The lowest BCUT2D eigenvalue weighted by atomic mass is 10.2. The molecule has 4 rings (SSSR count). The first-order valence-corrected chi connectivity index (χ1v) is 9.17. The van der Waals surface area contributed by atoms with Crippen molar-refractivity contribution in [3.63, 3.8) is 0 Å². The van der Waals surface area contributed by atoms with Crippen LogP contribution in [-0.2, 0) is 13.6 Å². The summed E-state index contributed by atoms with van der Waals surface area (Å²) < 4.78 is 15.9. The molecule has 9 heteroatoms. The van der Waals surface area contributed by atoms with Crippen LogP contribution in [0.5, 0.6) is 0 Å². The van der Waals surface area contributed by atoms with Crippen LogP contribution in [0.4, 0.5) is 10.2 Å². The SMILES string of the molecule is Cn1cnc2nc(-c3ccc(C=O)s3)nc(NCc3ccc(Cl)cc3F)c21. The van der Waals surface area contributed by atoms with E-state index in [-0.39, 0.29) is 12.4 Å². The number of nitrogens with zero attached hydrogens (tertiary/aromatic N) is 4. The van der Waals surface area contributed by atoms with Gasteiger partial charge in [0.25, 0.3) is 0 Å². The van der Waals surface area contributed by atoms with E-state index in [4.69, 9.17) is 11.6 Å². The van der Waals surface area contributed by atoms with Gasteiger partial charge in [-0.1, -0.05) is 17.7 Å². The Morgan fingerprint density at radius 3 is 2.89 bits per heavy atom. The van der Waals surface area contributed by atoms with E-state index < -0.39 is 0 Å². The highest BCUT2D eigenvalue weighted by Gasteiger charge is 2.15. The summed E-state index contributed by atoms with van der Waals surface area (Å²) >= 11 is 7.10. The Hall–Kier alpha value is -2.84. The van der Waals surface area contributed by atoms with Gasteiger partial charge in [0.15, 0.2) is 23.6 Å². The Morgan fingerprint density at radius 1 is 1.30 bits per heavy atom. The fourth-order valence-electron chi connectivity index (χ4n) is 2.67. The normalized spacial score (nSPS) is 11.1. The minimum atomic E-state index is -0.389. The maximum Gasteiger partial charge on any atom is 0.183 e. The van der Waals surface area contributed by atoms with Gasteiger partial charge in [0.05, 0.1) is 16.1 Å². The molecule has 1 N–H and O–H groups in total. The third-order valence-corrected chi connectivity index (χ3v) is 5.24. The minimum absolute atomic E-state index is 0.226. The zero-order valence-electron chi connectivity index (χ0n) is 14.1. The van der Waals surface area contributed by atoms with Crippen molar-refractivity contribution in [1.29, 1.82) is 0 Å². The summed E-state index contributed by atoms with van der Waals surface area (Å²) in [6.45, 7) is 0.226. The number of aldehydes is 1. The minimum Gasteiger partial charge on any atom is -0.364 e. The molecular weight excluding hydrogens is 389 g/mol. The molecule has 1 aromatic carbocycles. The van der Waals surface area contributed by atoms with Gasteiger partial charge in [-0.25, -0.2) is 19.3 Å². The number of nitrogens with one attached hydrogen (secondary N) is 1. The molecule has 3 aromatic heterocycles. The lowest BCUT2D eigenvalue weighted by Gasteiger charge is -2.10. The fourth-order valence-corrected chi connectivity index (χ4v) is 3.59. The van der Waals surface area contributed by atoms with Crippen molar-refractivity contribution >= 4 is 46.2 Å². The fraction of sp³-hybridized carbons (Fsp3) is 0.111. The maximum atomic E-state index is 14.1. The molecule has 0 unspecified atom stereocenters. The summed E-state index contributed by atoms with van der Waals surface area (Å²) in [7, 11) is 1.84. The molecular formula is C18H13ClFN5OS. The standard InChI is InChI=1S/C18H13ClFN5OS/c1-25-9-22-18-15(25)17(21-7-10-2-3-11(19)6-13(10)20)23-16(24-18)14-5-4-12(8-26)27-14/h2-6,8-9H,7H2,1H3,(H,21,23,24). The molecule has 0 fully saturated rings. The number of aryl methyl sites for hydroxylation is 1. The van der Waals surface area contributed by atoms with Crippen LogP contribution in [0.1, 0.15) is 15.2 Å². The molecule has 0 bridgehead atoms. The van der Waals surface area contributed by atoms with Crippen molar-refractivity contribution in [3.05, 3.63) is 57.9 Å². The summed E-state index contributed by atoms with van der Waals surface area (Å²) in [4.78, 5) is 25.6. The average molecular weight is 402 g/mol. The predicted molar refractivity (Wildman–Crippen MR) is 104 cm³/mol. The van der Waals surface area contributed by atoms with Crippen LogP contribution >= 0.6 is 22.9 Å². The van der Waals surface area contributed by atoms with Crippen molar-refractivity contribution < 1.29 is 9.18 Å². The quantitative estimate of drug-likeness (QED) is 0.504. The summed E-state index contributed by atoms with van der Waals surface area (Å²) in [5.74, 6) is 0.600. The van der Waals surface area contributed by atoms with Gasteiger partial charge < -0.3 is 9.88 Å². The first-order valence-electron chi connectivity index (χ1n) is 7.97. The lowest BCUT2D eigenvalue weighted by Crippen LogP contribution is -2.06. The number of carbonyl (C=O) groups excluding carboxylic acids is 1. The molecule has 0 aliphatic heterocycles. The average Bonchev–Trinajstić information content (AvgIpc) is 3.28. The predicted octanol–water partition coefficient (Wildman–Crippen LogP) is 4.31. The Labute approximate surface area is 162 Å². The van der Waals surface area contributed by atoms with Gasteiger partial charge in [-0.05, 0) is 24.3 Å². The van der Waals surface area contributed by atoms with Crippen molar-refractivity contribution in [1.82, 2.24) is 19.5 Å². The first-order chi connectivity index (χ1) is 13.0. The van der Waals surface area contributed by atoms with E-state index >= 15 is 0 Å². The number of benzene rings is 1. The molecule has 0 spiro atoms. The van der Waals surface area contributed by atoms with Gasteiger partial charge in [0.2, 0.25) is 0 Å². The third kappa shape index (κ3) is 3.41. The van der Waals surface area contributed by atoms with Gasteiger partial charge in [0.1, 0.15) is 11.3 Å². The van der Waals surface area contributed by atoms with E-state index in [2.05, 4.69) is 20.3 Å². The van der Waals surface area contributed by atoms with E-state index in [1.54, 1.807) is 35.2 Å². The zero-order valence-corrected chi connectivity index (χ0v) is 15.7. The molecule has 0 amide bonds. The van der Waals surface area contributed by atoms with Gasteiger partial charge in [0, 0.05) is 24.2 Å². The molecule has 0 aliphatic rings. The second-order valence-corrected chi connectivity index (χ2v) is 7.38. The lowest BCUT2D eigenvalue weighted by molar-refractivity contribution is 0.112. The van der Waals surface area contributed by atoms with Crippen molar-refractivity contribution in [3.8, 4) is 10.7 Å². The van der Waals surface area contributed by atoms with E-state index in [1.165, 1.54) is 17.4 Å². The number of aromatic nitrogens is 4. The van der Waals surface area contributed by atoms with E-state index in [0.717, 1.165) is 11.2 Å². The van der Waals surface area contributed by atoms with Gasteiger partial charge in [-0.3, -0.25) is 4.79 Å². The van der Waals surface area contributed by atoms with Gasteiger partial charge in [-0.15, -0.1) is 11.3 Å². The van der Waals surface area contributed by atoms with Crippen LogP contribution in [0.3, 0.4) is 0 Å². The van der Waals surface area contributed by atoms with Gasteiger partial charge in [-0.2, -0.15) is 0 Å². The molecule has 0 atom stereocenters. The zero-order chi connectivity index (χ0) is 19.0. The first kappa shape index (κ1) is 17.6. The summed E-state index contributed by atoms with van der Waals surface area (Å²) in [5, 5.41) is 3.51. The Balaban J connectivity index is 1.73. The molecule has 6 nitrogen and oxygen atoms in total. The van der Waals surface area contributed by atoms with E-state index in [1.807, 2.05) is 7.05 Å². The Morgan fingerprint density at radius 2 is 2.15 bits per heavy atom. The second kappa shape index (κ2) is 7.05. The largest absolute Gasteiger partial charge is 0.364 e. The summed E-state index contributed by atoms with van der Waals surface area (Å²) in [6, 6.07) is 8.05. The highest BCUT2D eigenvalue weighted by molar-refractivity contribution is 7.16. The second-order valence-electron chi connectivity index (χ2n) is 5.83. The van der Waals surface area contributed by atoms with Crippen molar-refractivity contribution in [2.45, 2.75) is 6.54 Å². The summed E-state index contributed by atoms with van der Waals surface area (Å²) in [5.41, 5.74) is 1.69. The van der Waals surface area contributed by atoms with Gasteiger partial charge >= 0.3 is 0 Å². The topological polar surface area (TPSA) is 72.7 Å². The molecule has 136 valence electrons. The maximum absolute atomic E-state index is 14.1. The number of carbonyl (C=O) groups is 1. The number of rotatable bonds is 5. The number of fused-ring (bicyclic) bond motifs is 1. The van der Waals surface area contributed by atoms with E-state index in [9.17, 15) is 9.18 Å². The van der Waals surface area contributed by atoms with Crippen molar-refractivity contribution in [2.24, 2.45) is 7.05 Å². The molecule has 0 aliphatic carbocycles. The molecule has 0 radical (unpaired) electrons. The number of imidazole rings is 1. The van der Waals surface area contributed by atoms with Crippen LogP contribution in [0.15, 0.2) is 36.7 Å². The molecule has 0 saturated carbocycles. The Kier molecular flexibility index (Phi) is 4.59. The smallest absolute Gasteiger partial charge is 0.183 e. The van der Waals surface area contributed by atoms with Crippen LogP contribution in [0.2, 0.25) is 5.02 Å². The third-order valence-electron chi connectivity index (χ3n) is 4.00. The molecule has 4 aromatic rings. The highest BCUT2D eigenvalue weighted by Crippen LogP contribution is 2.29. The van der Waals surface area contributed by atoms with Crippen LogP contribution in [0, 0.1) is 5.82 Å². The molecule has 3 heterocycles.